The SMILES string of the molecule is CSc1nnc2c(n1)O[C@@H](c1cc(F)ccc1F)N(C(C)=O)c1ccc(Cl)cc1-2. The van der Waals surface area contributed by atoms with Gasteiger partial charge in [-0.2, -0.15) is 4.98 Å². The van der Waals surface area contributed by atoms with Crippen molar-refractivity contribution in [3.8, 4) is 17.1 Å². The average molecular weight is 435 g/mol. The number of benzene rings is 2. The van der Waals surface area contributed by atoms with Gasteiger partial charge in [0.1, 0.15) is 11.6 Å². The maximum atomic E-state index is 14.6. The predicted octanol–water partition coefficient (Wildman–Crippen LogP) is 4.64. The summed E-state index contributed by atoms with van der Waals surface area (Å²) in [5.74, 6) is -1.81. The third-order valence-electron chi connectivity index (χ3n) is 4.31. The highest BCUT2D eigenvalue weighted by molar-refractivity contribution is 7.98. The van der Waals surface area contributed by atoms with Crippen LogP contribution >= 0.6 is 23.4 Å². The van der Waals surface area contributed by atoms with Crippen molar-refractivity contribution in [1.82, 2.24) is 15.2 Å². The van der Waals surface area contributed by atoms with E-state index in [1.807, 2.05) is 0 Å². The third-order valence-corrected chi connectivity index (χ3v) is 5.09. The Kier molecular flexibility index (Phi) is 5.10. The Labute approximate surface area is 173 Å². The lowest BCUT2D eigenvalue weighted by Crippen LogP contribution is -2.36. The summed E-state index contributed by atoms with van der Waals surface area (Å²) >= 11 is 7.39. The van der Waals surface area contributed by atoms with Crippen LogP contribution in [0.1, 0.15) is 18.7 Å². The van der Waals surface area contributed by atoms with Crippen LogP contribution in [0.5, 0.6) is 5.88 Å². The van der Waals surface area contributed by atoms with Crippen LogP contribution in [0.2, 0.25) is 5.02 Å². The van der Waals surface area contributed by atoms with Gasteiger partial charge < -0.3 is 4.74 Å². The van der Waals surface area contributed by atoms with Gasteiger partial charge in [0.15, 0.2) is 5.69 Å². The molecule has 6 nitrogen and oxygen atoms in total. The molecule has 0 aliphatic carbocycles. The van der Waals surface area contributed by atoms with Gasteiger partial charge in [-0.25, -0.2) is 8.78 Å². The van der Waals surface area contributed by atoms with E-state index in [9.17, 15) is 13.6 Å². The van der Waals surface area contributed by atoms with E-state index in [0.717, 1.165) is 18.2 Å². The first-order valence-electron chi connectivity index (χ1n) is 8.39. The van der Waals surface area contributed by atoms with Crippen molar-refractivity contribution in [3.63, 3.8) is 0 Å². The molecular weight excluding hydrogens is 422 g/mol. The van der Waals surface area contributed by atoms with Crippen LogP contribution < -0.4 is 9.64 Å². The largest absolute Gasteiger partial charge is 0.447 e. The third kappa shape index (κ3) is 3.51. The molecule has 0 saturated carbocycles. The predicted molar refractivity (Wildman–Crippen MR) is 105 cm³/mol. The van der Waals surface area contributed by atoms with Gasteiger partial charge in [0.05, 0.1) is 11.3 Å². The fourth-order valence-electron chi connectivity index (χ4n) is 3.07. The molecule has 0 unspecified atom stereocenters. The molecule has 148 valence electrons. The van der Waals surface area contributed by atoms with Crippen LogP contribution in [0.4, 0.5) is 14.5 Å². The topological polar surface area (TPSA) is 68.2 Å². The fourth-order valence-corrected chi connectivity index (χ4v) is 3.54. The van der Waals surface area contributed by atoms with Crippen molar-refractivity contribution < 1.29 is 18.3 Å². The Balaban J connectivity index is 2.03. The number of halogens is 3. The first-order valence-corrected chi connectivity index (χ1v) is 9.99. The number of carbonyl (C=O) groups excluding carboxylic acids is 1. The molecule has 1 atom stereocenters. The maximum absolute atomic E-state index is 14.6. The second kappa shape index (κ2) is 7.57. The van der Waals surface area contributed by atoms with E-state index in [4.69, 9.17) is 16.3 Å². The number of aromatic nitrogens is 3. The van der Waals surface area contributed by atoms with Crippen LogP contribution in [0.3, 0.4) is 0 Å². The van der Waals surface area contributed by atoms with Crippen LogP contribution in [-0.2, 0) is 4.79 Å². The van der Waals surface area contributed by atoms with Crippen molar-refractivity contribution in [2.75, 3.05) is 11.2 Å². The first-order chi connectivity index (χ1) is 13.9. The summed E-state index contributed by atoms with van der Waals surface area (Å²) in [7, 11) is 0. The number of hydrogen-bond acceptors (Lipinski definition) is 6. The molecule has 1 aliphatic rings. The number of carbonyl (C=O) groups is 1. The Hall–Kier alpha value is -2.78. The van der Waals surface area contributed by atoms with Crippen LogP contribution in [0.15, 0.2) is 41.6 Å². The first kappa shape index (κ1) is 19.5. The molecular formula is C19H13ClF2N4O2S. The normalized spacial score (nSPS) is 15.2. The quantitative estimate of drug-likeness (QED) is 0.547. The second-order valence-electron chi connectivity index (χ2n) is 6.14. The molecule has 0 saturated heterocycles. The van der Waals surface area contributed by atoms with E-state index in [2.05, 4.69) is 15.2 Å². The molecule has 2 heterocycles. The Morgan fingerprint density at radius 3 is 2.72 bits per heavy atom. The lowest BCUT2D eigenvalue weighted by atomic mass is 10.1. The van der Waals surface area contributed by atoms with E-state index < -0.39 is 23.8 Å². The zero-order valence-corrected chi connectivity index (χ0v) is 16.8. The molecule has 0 bridgehead atoms. The standard InChI is InChI=1S/C19H13ClF2N4O2S/c1-9(27)26-15-6-3-10(20)7-13(15)16-17(23-19(29-2)25-24-16)28-18(26)12-8-11(21)4-5-14(12)22/h3-8,18H,1-2H3/t18-/m0/s1. The molecule has 3 aromatic rings. The minimum Gasteiger partial charge on any atom is -0.447 e. The van der Waals surface area contributed by atoms with Crippen molar-refractivity contribution in [1.29, 1.82) is 0 Å². The zero-order valence-electron chi connectivity index (χ0n) is 15.2. The Morgan fingerprint density at radius 2 is 2.00 bits per heavy atom. The van der Waals surface area contributed by atoms with Gasteiger partial charge in [-0.15, -0.1) is 10.2 Å². The summed E-state index contributed by atoms with van der Waals surface area (Å²) in [5.41, 5.74) is 0.890. The minimum absolute atomic E-state index is 0.0327. The molecule has 0 radical (unpaired) electrons. The van der Waals surface area contributed by atoms with Gasteiger partial charge >= 0.3 is 0 Å². The summed E-state index contributed by atoms with van der Waals surface area (Å²) < 4.78 is 34.5. The molecule has 29 heavy (non-hydrogen) atoms. The summed E-state index contributed by atoms with van der Waals surface area (Å²) in [6.07, 6.45) is 0.451. The van der Waals surface area contributed by atoms with E-state index in [1.165, 1.54) is 23.6 Å². The van der Waals surface area contributed by atoms with Gasteiger partial charge in [-0.05, 0) is 42.7 Å². The zero-order chi connectivity index (χ0) is 20.7. The summed E-state index contributed by atoms with van der Waals surface area (Å²) in [6, 6.07) is 7.72. The van der Waals surface area contributed by atoms with Gasteiger partial charge in [0.25, 0.3) is 0 Å². The van der Waals surface area contributed by atoms with Crippen LogP contribution in [-0.4, -0.2) is 27.3 Å². The minimum atomic E-state index is -1.31. The molecule has 1 aromatic heterocycles. The fraction of sp³-hybridized carbons (Fsp3) is 0.158. The highest BCUT2D eigenvalue weighted by Crippen LogP contribution is 2.44. The number of nitrogens with zero attached hydrogens (tertiary/aromatic N) is 4. The molecule has 1 amide bonds. The van der Waals surface area contributed by atoms with Crippen molar-refractivity contribution in [2.24, 2.45) is 0 Å². The smallest absolute Gasteiger partial charge is 0.247 e. The number of ether oxygens (including phenoxy) is 1. The number of amides is 1. The molecule has 4 rings (SSSR count). The Morgan fingerprint density at radius 1 is 1.21 bits per heavy atom. The highest BCUT2D eigenvalue weighted by Gasteiger charge is 2.36. The number of fused-ring (bicyclic) bond motifs is 3. The Bertz CT molecular complexity index is 1130. The number of anilines is 1. The van der Waals surface area contributed by atoms with Gasteiger partial charge in [-0.3, -0.25) is 9.69 Å². The van der Waals surface area contributed by atoms with E-state index in [1.54, 1.807) is 24.5 Å². The van der Waals surface area contributed by atoms with Crippen molar-refractivity contribution in [2.45, 2.75) is 18.3 Å². The monoisotopic (exact) mass is 434 g/mol. The number of thioether (sulfide) groups is 1. The van der Waals surface area contributed by atoms with E-state index in [0.29, 0.717) is 21.4 Å². The van der Waals surface area contributed by atoms with Crippen LogP contribution in [0.25, 0.3) is 11.3 Å². The number of hydrogen-bond donors (Lipinski definition) is 0. The van der Waals surface area contributed by atoms with Gasteiger partial charge in [0, 0.05) is 17.5 Å². The average Bonchev–Trinajstić information content (AvgIpc) is 2.83. The molecule has 1 aliphatic heterocycles. The highest BCUT2D eigenvalue weighted by atomic mass is 35.5. The number of rotatable bonds is 2. The van der Waals surface area contributed by atoms with Crippen LogP contribution in [0, 0.1) is 11.6 Å². The summed E-state index contributed by atoms with van der Waals surface area (Å²) in [4.78, 5) is 18.1. The maximum Gasteiger partial charge on any atom is 0.247 e. The molecule has 0 spiro atoms. The molecule has 0 N–H and O–H groups in total. The second-order valence-corrected chi connectivity index (χ2v) is 7.35. The van der Waals surface area contributed by atoms with E-state index in [-0.39, 0.29) is 17.1 Å². The molecule has 0 fully saturated rings. The molecule has 2 aromatic carbocycles. The lowest BCUT2D eigenvalue weighted by Gasteiger charge is -2.30. The summed E-state index contributed by atoms with van der Waals surface area (Å²) in [5, 5.41) is 8.91. The van der Waals surface area contributed by atoms with Crippen molar-refractivity contribution >= 4 is 35.0 Å². The summed E-state index contributed by atoms with van der Waals surface area (Å²) in [6.45, 7) is 1.30. The van der Waals surface area contributed by atoms with E-state index >= 15 is 0 Å². The molecule has 10 heteroatoms. The lowest BCUT2D eigenvalue weighted by molar-refractivity contribution is -0.118. The van der Waals surface area contributed by atoms with Gasteiger partial charge in [0.2, 0.25) is 23.2 Å². The van der Waals surface area contributed by atoms with Crippen molar-refractivity contribution in [3.05, 3.63) is 58.6 Å². The van der Waals surface area contributed by atoms with Gasteiger partial charge in [-0.1, -0.05) is 23.4 Å².